The monoisotopic (exact) mass is 315 g/mol. The fourth-order valence-corrected chi connectivity index (χ4v) is 3.53. The molecule has 4 nitrogen and oxygen atoms in total. The van der Waals surface area contributed by atoms with Gasteiger partial charge in [-0.2, -0.15) is 11.3 Å². The molecule has 22 heavy (non-hydrogen) atoms. The highest BCUT2D eigenvalue weighted by Crippen LogP contribution is 2.18. The lowest BCUT2D eigenvalue weighted by molar-refractivity contribution is -0.121. The van der Waals surface area contributed by atoms with Gasteiger partial charge in [0.1, 0.15) is 5.82 Å². The topological polar surface area (TPSA) is 45.2 Å². The number of nitrogens with zero attached hydrogens (tertiary/aromatic N) is 2. The molecule has 0 aliphatic carbocycles. The van der Waals surface area contributed by atoms with E-state index < -0.39 is 0 Å². The predicted molar refractivity (Wildman–Crippen MR) is 90.4 cm³/mol. The number of carbonyl (C=O) groups excluding carboxylic acids is 1. The molecular weight excluding hydrogens is 294 g/mol. The highest BCUT2D eigenvalue weighted by Gasteiger charge is 2.22. The van der Waals surface area contributed by atoms with Crippen LogP contribution in [-0.4, -0.2) is 30.0 Å². The molecule has 0 unspecified atom stereocenters. The van der Waals surface area contributed by atoms with E-state index in [1.54, 1.807) is 11.3 Å². The van der Waals surface area contributed by atoms with E-state index in [-0.39, 0.29) is 11.9 Å². The predicted octanol–water partition coefficient (Wildman–Crippen LogP) is 2.78. The first kappa shape index (κ1) is 15.0. The molecule has 1 aliphatic heterocycles. The van der Waals surface area contributed by atoms with Crippen molar-refractivity contribution < 1.29 is 4.79 Å². The van der Waals surface area contributed by atoms with E-state index in [0.717, 1.165) is 43.0 Å². The molecule has 0 saturated carbocycles. The summed E-state index contributed by atoms with van der Waals surface area (Å²) in [5, 5.41) is 7.21. The first-order valence-electron chi connectivity index (χ1n) is 7.70. The number of nitrogens with one attached hydrogen (secondary N) is 1. The van der Waals surface area contributed by atoms with Crippen LogP contribution in [0.5, 0.6) is 0 Å². The molecule has 2 aromatic rings. The first-order chi connectivity index (χ1) is 10.7. The van der Waals surface area contributed by atoms with Gasteiger partial charge in [0.15, 0.2) is 0 Å². The Hall–Kier alpha value is -1.88. The van der Waals surface area contributed by atoms with E-state index in [0.29, 0.717) is 6.42 Å². The van der Waals surface area contributed by atoms with Crippen molar-refractivity contribution in [2.45, 2.75) is 32.2 Å². The maximum atomic E-state index is 12.1. The summed E-state index contributed by atoms with van der Waals surface area (Å²) >= 11 is 1.63. The molecule has 5 heteroatoms. The highest BCUT2D eigenvalue weighted by molar-refractivity contribution is 7.07. The SMILES string of the molecule is Cc1cccc(N2CCC[C@H](NC(=O)Cc3ccsc3)C2)n1. The minimum Gasteiger partial charge on any atom is -0.355 e. The van der Waals surface area contributed by atoms with Crippen LogP contribution in [-0.2, 0) is 11.2 Å². The van der Waals surface area contributed by atoms with Gasteiger partial charge in [-0.15, -0.1) is 0 Å². The summed E-state index contributed by atoms with van der Waals surface area (Å²) in [7, 11) is 0. The lowest BCUT2D eigenvalue weighted by Crippen LogP contribution is -2.48. The summed E-state index contributed by atoms with van der Waals surface area (Å²) in [6, 6.07) is 8.31. The Morgan fingerprint density at radius 3 is 3.14 bits per heavy atom. The third kappa shape index (κ3) is 3.85. The fraction of sp³-hybridized carbons (Fsp3) is 0.412. The molecular formula is C17H21N3OS. The van der Waals surface area contributed by atoms with Crippen molar-refractivity contribution in [1.29, 1.82) is 0 Å². The van der Waals surface area contributed by atoms with Crippen LogP contribution < -0.4 is 10.2 Å². The van der Waals surface area contributed by atoms with Gasteiger partial charge in [-0.1, -0.05) is 6.07 Å². The van der Waals surface area contributed by atoms with Crippen LogP contribution in [0.3, 0.4) is 0 Å². The molecule has 3 heterocycles. The number of amides is 1. The lowest BCUT2D eigenvalue weighted by Gasteiger charge is -2.34. The smallest absolute Gasteiger partial charge is 0.224 e. The summed E-state index contributed by atoms with van der Waals surface area (Å²) in [5.41, 5.74) is 2.12. The number of pyridine rings is 1. The Kier molecular flexibility index (Phi) is 4.73. The second-order valence-corrected chi connectivity index (χ2v) is 6.58. The second-order valence-electron chi connectivity index (χ2n) is 5.80. The molecule has 3 rings (SSSR count). The van der Waals surface area contributed by atoms with Crippen LogP contribution in [0, 0.1) is 6.92 Å². The van der Waals surface area contributed by atoms with Crippen LogP contribution >= 0.6 is 11.3 Å². The number of hydrogen-bond donors (Lipinski definition) is 1. The molecule has 0 bridgehead atoms. The number of hydrogen-bond acceptors (Lipinski definition) is 4. The first-order valence-corrected chi connectivity index (χ1v) is 8.64. The standard InChI is InChI=1S/C17H21N3OS/c1-13-4-2-6-16(18-13)20-8-3-5-15(11-20)19-17(21)10-14-7-9-22-12-14/h2,4,6-7,9,12,15H,3,5,8,10-11H2,1H3,(H,19,21)/t15-/m0/s1. The number of anilines is 1. The van der Waals surface area contributed by atoms with Crippen molar-refractivity contribution in [1.82, 2.24) is 10.3 Å². The zero-order valence-electron chi connectivity index (χ0n) is 12.8. The lowest BCUT2D eigenvalue weighted by atomic mass is 10.1. The Morgan fingerprint density at radius 2 is 2.36 bits per heavy atom. The number of aryl methyl sites for hydroxylation is 1. The number of aromatic nitrogens is 1. The maximum absolute atomic E-state index is 12.1. The van der Waals surface area contributed by atoms with Gasteiger partial charge in [0, 0.05) is 24.8 Å². The van der Waals surface area contributed by atoms with Crippen LogP contribution in [0.4, 0.5) is 5.82 Å². The van der Waals surface area contributed by atoms with Gasteiger partial charge in [-0.05, 0) is 54.3 Å². The van der Waals surface area contributed by atoms with Gasteiger partial charge < -0.3 is 10.2 Å². The van der Waals surface area contributed by atoms with Gasteiger partial charge >= 0.3 is 0 Å². The summed E-state index contributed by atoms with van der Waals surface area (Å²) in [6.45, 7) is 3.85. The summed E-state index contributed by atoms with van der Waals surface area (Å²) < 4.78 is 0. The van der Waals surface area contributed by atoms with Gasteiger partial charge in [0.2, 0.25) is 5.91 Å². The molecule has 2 aromatic heterocycles. The van der Waals surface area contributed by atoms with E-state index in [9.17, 15) is 4.79 Å². The maximum Gasteiger partial charge on any atom is 0.224 e. The molecule has 0 radical (unpaired) electrons. The number of thiophene rings is 1. The minimum atomic E-state index is 0.113. The molecule has 1 N–H and O–H groups in total. The van der Waals surface area contributed by atoms with E-state index in [1.807, 2.05) is 41.9 Å². The van der Waals surface area contributed by atoms with Crippen molar-refractivity contribution >= 4 is 23.1 Å². The zero-order chi connectivity index (χ0) is 15.4. The Labute approximate surface area is 135 Å². The van der Waals surface area contributed by atoms with Crippen molar-refractivity contribution in [2.75, 3.05) is 18.0 Å². The normalized spacial score (nSPS) is 18.2. The summed E-state index contributed by atoms with van der Waals surface area (Å²) in [6.07, 6.45) is 2.60. The second kappa shape index (κ2) is 6.92. The largest absolute Gasteiger partial charge is 0.355 e. The number of rotatable bonds is 4. The zero-order valence-corrected chi connectivity index (χ0v) is 13.6. The van der Waals surface area contributed by atoms with Crippen LogP contribution in [0.15, 0.2) is 35.0 Å². The summed E-state index contributed by atoms with van der Waals surface area (Å²) in [4.78, 5) is 19.0. The average molecular weight is 315 g/mol. The van der Waals surface area contributed by atoms with E-state index >= 15 is 0 Å². The molecule has 1 saturated heterocycles. The third-order valence-electron chi connectivity index (χ3n) is 3.93. The van der Waals surface area contributed by atoms with Crippen LogP contribution in [0.25, 0.3) is 0 Å². The van der Waals surface area contributed by atoms with Gasteiger partial charge in [-0.25, -0.2) is 4.98 Å². The number of piperidine rings is 1. The summed E-state index contributed by atoms with van der Waals surface area (Å²) in [5.74, 6) is 1.12. The van der Waals surface area contributed by atoms with Crippen LogP contribution in [0.2, 0.25) is 0 Å². The fourth-order valence-electron chi connectivity index (χ4n) is 2.87. The van der Waals surface area contributed by atoms with E-state index in [1.165, 1.54) is 0 Å². The average Bonchev–Trinajstić information content (AvgIpc) is 3.00. The van der Waals surface area contributed by atoms with Gasteiger partial charge in [0.25, 0.3) is 0 Å². The molecule has 1 amide bonds. The van der Waals surface area contributed by atoms with Crippen LogP contribution in [0.1, 0.15) is 24.1 Å². The van der Waals surface area contributed by atoms with Crippen molar-refractivity contribution in [3.05, 3.63) is 46.3 Å². The highest BCUT2D eigenvalue weighted by atomic mass is 32.1. The van der Waals surface area contributed by atoms with Crippen molar-refractivity contribution in [3.8, 4) is 0 Å². The Bertz CT molecular complexity index is 627. The minimum absolute atomic E-state index is 0.113. The third-order valence-corrected chi connectivity index (χ3v) is 4.66. The Morgan fingerprint density at radius 1 is 1.45 bits per heavy atom. The van der Waals surface area contributed by atoms with E-state index in [2.05, 4.69) is 15.2 Å². The molecule has 0 spiro atoms. The van der Waals surface area contributed by atoms with Crippen molar-refractivity contribution in [3.63, 3.8) is 0 Å². The van der Waals surface area contributed by atoms with E-state index in [4.69, 9.17) is 0 Å². The molecule has 116 valence electrons. The van der Waals surface area contributed by atoms with Crippen molar-refractivity contribution in [2.24, 2.45) is 0 Å². The Balaban J connectivity index is 1.57. The molecule has 1 fully saturated rings. The van der Waals surface area contributed by atoms with Gasteiger partial charge in [-0.3, -0.25) is 4.79 Å². The molecule has 1 atom stereocenters. The molecule has 0 aromatic carbocycles. The number of carbonyl (C=O) groups is 1. The molecule has 1 aliphatic rings. The quantitative estimate of drug-likeness (QED) is 0.943. The van der Waals surface area contributed by atoms with Gasteiger partial charge in [0.05, 0.1) is 6.42 Å².